The van der Waals surface area contributed by atoms with Crippen molar-refractivity contribution in [2.75, 3.05) is 5.32 Å². The van der Waals surface area contributed by atoms with Gasteiger partial charge in [-0.1, -0.05) is 19.8 Å². The van der Waals surface area contributed by atoms with Gasteiger partial charge in [-0.2, -0.15) is 0 Å². The minimum Gasteiger partial charge on any atom is -0.367 e. The molecule has 5 heteroatoms. The third kappa shape index (κ3) is 2.97. The number of aryl methyl sites for hydroxylation is 1. The molecule has 1 aliphatic carbocycles. The summed E-state index contributed by atoms with van der Waals surface area (Å²) in [5.74, 6) is 1.49. The highest BCUT2D eigenvalue weighted by atomic mass is 16.6. The molecule has 2 rings (SSSR count). The standard InChI is InChI=1S/C13H19N3O2/c1-9-4-3-5-11(6-9)15-13-7-10(2)12(8-14-13)16(17)18/h7-9,11H,3-6H2,1-2H3,(H,14,15). The van der Waals surface area contributed by atoms with Crippen molar-refractivity contribution in [1.29, 1.82) is 0 Å². The van der Waals surface area contributed by atoms with Gasteiger partial charge in [0.1, 0.15) is 12.0 Å². The van der Waals surface area contributed by atoms with E-state index in [1.165, 1.54) is 19.0 Å². The number of pyridine rings is 1. The minimum absolute atomic E-state index is 0.0811. The maximum atomic E-state index is 10.7. The lowest BCUT2D eigenvalue weighted by molar-refractivity contribution is -0.385. The van der Waals surface area contributed by atoms with Crippen LogP contribution in [0.1, 0.15) is 38.2 Å². The number of rotatable bonds is 3. The predicted molar refractivity (Wildman–Crippen MR) is 70.7 cm³/mol. The Hall–Kier alpha value is -1.65. The molecule has 1 N–H and O–H groups in total. The Balaban J connectivity index is 2.05. The molecule has 0 spiro atoms. The molecule has 1 saturated carbocycles. The van der Waals surface area contributed by atoms with Crippen LogP contribution in [0.2, 0.25) is 0 Å². The number of aromatic nitrogens is 1. The minimum atomic E-state index is -0.394. The molecule has 1 heterocycles. The van der Waals surface area contributed by atoms with Crippen LogP contribution in [0.25, 0.3) is 0 Å². The van der Waals surface area contributed by atoms with E-state index in [-0.39, 0.29) is 5.69 Å². The highest BCUT2D eigenvalue weighted by Crippen LogP contribution is 2.26. The molecule has 2 atom stereocenters. The van der Waals surface area contributed by atoms with Gasteiger partial charge in [-0.25, -0.2) is 4.98 Å². The molecule has 5 nitrogen and oxygen atoms in total. The molecular formula is C13H19N3O2. The van der Waals surface area contributed by atoms with Crippen LogP contribution in [0.4, 0.5) is 11.5 Å². The fourth-order valence-corrected chi connectivity index (χ4v) is 2.59. The van der Waals surface area contributed by atoms with Gasteiger partial charge in [0.15, 0.2) is 0 Å². The Morgan fingerprint density at radius 3 is 2.89 bits per heavy atom. The summed E-state index contributed by atoms with van der Waals surface area (Å²) in [6.07, 6.45) is 6.18. The molecule has 0 bridgehead atoms. The highest BCUT2D eigenvalue weighted by Gasteiger charge is 2.19. The first-order valence-corrected chi connectivity index (χ1v) is 6.44. The van der Waals surface area contributed by atoms with Gasteiger partial charge in [0.2, 0.25) is 0 Å². The Morgan fingerprint density at radius 2 is 2.28 bits per heavy atom. The summed E-state index contributed by atoms with van der Waals surface area (Å²) in [7, 11) is 0. The van der Waals surface area contributed by atoms with Gasteiger partial charge in [0.05, 0.1) is 4.92 Å². The first kappa shape index (κ1) is 12.8. The van der Waals surface area contributed by atoms with E-state index in [1.54, 1.807) is 13.0 Å². The zero-order valence-electron chi connectivity index (χ0n) is 10.8. The topological polar surface area (TPSA) is 68.1 Å². The summed E-state index contributed by atoms with van der Waals surface area (Å²) >= 11 is 0. The molecule has 0 saturated heterocycles. The third-order valence-corrected chi connectivity index (χ3v) is 3.57. The van der Waals surface area contributed by atoms with Gasteiger partial charge in [-0.3, -0.25) is 10.1 Å². The maximum absolute atomic E-state index is 10.7. The second-order valence-electron chi connectivity index (χ2n) is 5.23. The lowest BCUT2D eigenvalue weighted by Gasteiger charge is -2.27. The SMILES string of the molecule is Cc1cc(NC2CCCC(C)C2)ncc1[N+](=O)[O-]. The van der Waals surface area contributed by atoms with Crippen LogP contribution in [0.15, 0.2) is 12.3 Å². The van der Waals surface area contributed by atoms with E-state index in [0.29, 0.717) is 11.6 Å². The van der Waals surface area contributed by atoms with Gasteiger partial charge < -0.3 is 5.32 Å². The van der Waals surface area contributed by atoms with Crippen molar-refractivity contribution in [1.82, 2.24) is 4.98 Å². The van der Waals surface area contributed by atoms with Crippen molar-refractivity contribution in [3.05, 3.63) is 27.9 Å². The summed E-state index contributed by atoms with van der Waals surface area (Å²) in [5.41, 5.74) is 0.735. The van der Waals surface area contributed by atoms with Crippen LogP contribution in [0, 0.1) is 23.0 Å². The fourth-order valence-electron chi connectivity index (χ4n) is 2.59. The van der Waals surface area contributed by atoms with Crippen molar-refractivity contribution < 1.29 is 4.92 Å². The number of nitrogens with one attached hydrogen (secondary N) is 1. The molecule has 0 aliphatic heterocycles. The monoisotopic (exact) mass is 249 g/mol. The number of nitrogens with zero attached hydrogens (tertiary/aromatic N) is 2. The Morgan fingerprint density at radius 1 is 1.50 bits per heavy atom. The zero-order chi connectivity index (χ0) is 13.1. The van der Waals surface area contributed by atoms with Crippen LogP contribution < -0.4 is 5.32 Å². The number of anilines is 1. The molecule has 0 radical (unpaired) electrons. The van der Waals surface area contributed by atoms with E-state index in [1.807, 2.05) is 0 Å². The maximum Gasteiger partial charge on any atom is 0.290 e. The van der Waals surface area contributed by atoms with Crippen molar-refractivity contribution in [2.45, 2.75) is 45.6 Å². The Kier molecular flexibility index (Phi) is 3.79. The highest BCUT2D eigenvalue weighted by molar-refractivity contribution is 5.47. The summed E-state index contributed by atoms with van der Waals surface area (Å²) < 4.78 is 0. The van der Waals surface area contributed by atoms with Crippen LogP contribution >= 0.6 is 0 Å². The average molecular weight is 249 g/mol. The number of hydrogen-bond donors (Lipinski definition) is 1. The summed E-state index contributed by atoms with van der Waals surface area (Å²) in [6.45, 7) is 4.01. The van der Waals surface area contributed by atoms with E-state index in [4.69, 9.17) is 0 Å². The predicted octanol–water partition coefficient (Wildman–Crippen LogP) is 3.29. The molecule has 1 fully saturated rings. The van der Waals surface area contributed by atoms with E-state index in [0.717, 1.165) is 24.6 Å². The van der Waals surface area contributed by atoms with E-state index >= 15 is 0 Å². The van der Waals surface area contributed by atoms with Crippen LogP contribution in [0.5, 0.6) is 0 Å². The van der Waals surface area contributed by atoms with E-state index in [9.17, 15) is 10.1 Å². The van der Waals surface area contributed by atoms with Crippen LogP contribution in [-0.2, 0) is 0 Å². The van der Waals surface area contributed by atoms with Crippen LogP contribution in [-0.4, -0.2) is 15.9 Å². The molecular weight excluding hydrogens is 230 g/mol. The van der Waals surface area contributed by atoms with E-state index in [2.05, 4.69) is 17.2 Å². The normalized spacial score (nSPS) is 23.7. The molecule has 98 valence electrons. The van der Waals surface area contributed by atoms with Crippen molar-refractivity contribution in [3.8, 4) is 0 Å². The van der Waals surface area contributed by atoms with Gasteiger partial charge in [-0.15, -0.1) is 0 Å². The lowest BCUT2D eigenvalue weighted by Crippen LogP contribution is -2.26. The van der Waals surface area contributed by atoms with Gasteiger partial charge in [-0.05, 0) is 31.7 Å². The average Bonchev–Trinajstić information content (AvgIpc) is 2.28. The number of nitro groups is 1. The molecule has 0 aromatic carbocycles. The summed E-state index contributed by atoms with van der Waals surface area (Å²) in [6, 6.07) is 2.21. The Labute approximate surface area is 107 Å². The summed E-state index contributed by atoms with van der Waals surface area (Å²) in [4.78, 5) is 14.4. The lowest BCUT2D eigenvalue weighted by atomic mass is 9.87. The van der Waals surface area contributed by atoms with Gasteiger partial charge in [0, 0.05) is 11.6 Å². The Bertz CT molecular complexity index is 448. The van der Waals surface area contributed by atoms with Gasteiger partial charge in [0.25, 0.3) is 5.69 Å². The second-order valence-corrected chi connectivity index (χ2v) is 5.23. The van der Waals surface area contributed by atoms with Crippen molar-refractivity contribution >= 4 is 11.5 Å². The fraction of sp³-hybridized carbons (Fsp3) is 0.615. The molecule has 0 amide bonds. The molecule has 1 aromatic rings. The first-order chi connectivity index (χ1) is 8.56. The molecule has 2 unspecified atom stereocenters. The first-order valence-electron chi connectivity index (χ1n) is 6.44. The second kappa shape index (κ2) is 5.33. The largest absolute Gasteiger partial charge is 0.367 e. The zero-order valence-corrected chi connectivity index (χ0v) is 10.8. The molecule has 1 aromatic heterocycles. The number of hydrogen-bond acceptors (Lipinski definition) is 4. The van der Waals surface area contributed by atoms with Crippen molar-refractivity contribution in [2.24, 2.45) is 5.92 Å². The van der Waals surface area contributed by atoms with Crippen LogP contribution in [0.3, 0.4) is 0 Å². The van der Waals surface area contributed by atoms with Gasteiger partial charge >= 0.3 is 0 Å². The quantitative estimate of drug-likeness (QED) is 0.659. The van der Waals surface area contributed by atoms with E-state index < -0.39 is 4.92 Å². The summed E-state index contributed by atoms with van der Waals surface area (Å²) in [5, 5.41) is 14.1. The smallest absolute Gasteiger partial charge is 0.290 e. The third-order valence-electron chi connectivity index (χ3n) is 3.57. The van der Waals surface area contributed by atoms with Crippen molar-refractivity contribution in [3.63, 3.8) is 0 Å². The molecule has 18 heavy (non-hydrogen) atoms. The molecule has 1 aliphatic rings.